The van der Waals surface area contributed by atoms with Gasteiger partial charge < -0.3 is 13.8 Å². The highest BCUT2D eigenvalue weighted by atomic mass is 35.5. The Morgan fingerprint density at radius 2 is 1.90 bits per heavy atom. The summed E-state index contributed by atoms with van der Waals surface area (Å²) in [6, 6.07) is 13.5. The maximum Gasteiger partial charge on any atom is 0.341 e. The van der Waals surface area contributed by atoms with Crippen LogP contribution in [0.15, 0.2) is 69.0 Å². The lowest BCUT2D eigenvalue weighted by Gasteiger charge is -2.16. The number of carbonyl (C=O) groups is 2. The highest BCUT2D eigenvalue weighted by Gasteiger charge is 2.25. The number of aromatic nitrogens is 4. The Balaban J connectivity index is 1.86. The molecule has 0 spiro atoms. The van der Waals surface area contributed by atoms with Gasteiger partial charge in [0.15, 0.2) is 5.49 Å². The Labute approximate surface area is 233 Å². The highest BCUT2D eigenvalue weighted by molar-refractivity contribution is 6.33. The van der Waals surface area contributed by atoms with Gasteiger partial charge in [0.05, 0.1) is 17.0 Å². The molecule has 40 heavy (non-hydrogen) atoms. The number of nitrogens with zero attached hydrogens (tertiary/aromatic N) is 5. The van der Waals surface area contributed by atoms with Crippen molar-refractivity contribution in [3.8, 4) is 11.3 Å². The van der Waals surface area contributed by atoms with Gasteiger partial charge in [0.1, 0.15) is 33.9 Å². The van der Waals surface area contributed by atoms with Crippen LogP contribution in [0.5, 0.6) is 0 Å². The molecule has 4 aromatic heterocycles. The number of halogens is 1. The number of benzene rings is 1. The van der Waals surface area contributed by atoms with Gasteiger partial charge in [-0.25, -0.2) is 9.78 Å². The third-order valence-corrected chi connectivity index (χ3v) is 6.58. The zero-order valence-electron chi connectivity index (χ0n) is 22.3. The first-order chi connectivity index (χ1) is 19.2. The minimum absolute atomic E-state index is 0.0162. The first kappa shape index (κ1) is 27.0. The third kappa shape index (κ3) is 4.82. The molecule has 0 saturated heterocycles. The van der Waals surface area contributed by atoms with Crippen LogP contribution in [0.1, 0.15) is 47.2 Å². The summed E-state index contributed by atoms with van der Waals surface area (Å²) >= 11 is 6.39. The first-order valence-electron chi connectivity index (χ1n) is 12.7. The van der Waals surface area contributed by atoms with Gasteiger partial charge in [-0.1, -0.05) is 54.9 Å². The van der Waals surface area contributed by atoms with Crippen LogP contribution in [-0.2, 0) is 11.3 Å². The summed E-state index contributed by atoms with van der Waals surface area (Å²) in [5.41, 5.74) is 1.15. The number of hydrogen-bond acceptors (Lipinski definition) is 7. The smallest absolute Gasteiger partial charge is 0.341 e. The Morgan fingerprint density at radius 3 is 2.62 bits per heavy atom. The van der Waals surface area contributed by atoms with Crippen molar-refractivity contribution in [2.75, 3.05) is 6.61 Å². The van der Waals surface area contributed by atoms with E-state index < -0.39 is 11.9 Å². The van der Waals surface area contributed by atoms with E-state index in [-0.39, 0.29) is 57.2 Å². The number of ether oxygens (including phenoxy) is 1. The molecule has 0 aliphatic heterocycles. The lowest BCUT2D eigenvalue weighted by molar-refractivity contribution is 0.0523. The fourth-order valence-corrected chi connectivity index (χ4v) is 4.73. The summed E-state index contributed by atoms with van der Waals surface area (Å²) in [4.78, 5) is 49.7. The number of fused-ring (bicyclic) bond motifs is 2. The van der Waals surface area contributed by atoms with E-state index in [0.29, 0.717) is 22.8 Å². The van der Waals surface area contributed by atoms with Crippen molar-refractivity contribution in [3.63, 3.8) is 0 Å². The van der Waals surface area contributed by atoms with Gasteiger partial charge in [0, 0.05) is 18.3 Å². The SMILES string of the molecule is CCOC(=O)c1cc2c(=O)n3ccccc3nc2n(CC(C)C)c1=NC(=O)c1c(-c2ccccc2Cl)noc1C. The molecule has 0 bridgehead atoms. The second kappa shape index (κ2) is 10.9. The van der Waals surface area contributed by atoms with Crippen LogP contribution < -0.4 is 11.0 Å². The molecule has 0 aliphatic rings. The van der Waals surface area contributed by atoms with E-state index in [2.05, 4.69) is 10.1 Å². The van der Waals surface area contributed by atoms with Gasteiger partial charge in [-0.3, -0.25) is 14.0 Å². The third-order valence-electron chi connectivity index (χ3n) is 6.25. The van der Waals surface area contributed by atoms with Crippen molar-refractivity contribution in [1.82, 2.24) is 19.1 Å². The molecule has 4 heterocycles. The summed E-state index contributed by atoms with van der Waals surface area (Å²) in [5.74, 6) is -1.14. The normalized spacial score (nSPS) is 12.0. The minimum atomic E-state index is -0.723. The molecule has 0 fully saturated rings. The number of hydrogen-bond donors (Lipinski definition) is 0. The van der Waals surface area contributed by atoms with Crippen molar-refractivity contribution in [2.24, 2.45) is 10.9 Å². The van der Waals surface area contributed by atoms with Crippen LogP contribution in [0.25, 0.3) is 27.9 Å². The maximum atomic E-state index is 13.8. The molecular formula is C29H26ClN5O5. The number of carbonyl (C=O) groups excluding carboxylic acids is 2. The van der Waals surface area contributed by atoms with Gasteiger partial charge in [-0.15, -0.1) is 0 Å². The molecule has 0 saturated carbocycles. The van der Waals surface area contributed by atoms with Gasteiger partial charge in [0.25, 0.3) is 11.5 Å². The Bertz CT molecular complexity index is 1920. The van der Waals surface area contributed by atoms with Gasteiger partial charge in [0.2, 0.25) is 0 Å². The van der Waals surface area contributed by atoms with Gasteiger partial charge >= 0.3 is 5.97 Å². The molecule has 11 heteroatoms. The van der Waals surface area contributed by atoms with Crippen LogP contribution in [-0.4, -0.2) is 37.6 Å². The van der Waals surface area contributed by atoms with Crippen molar-refractivity contribution in [3.05, 3.63) is 92.5 Å². The minimum Gasteiger partial charge on any atom is -0.462 e. The van der Waals surface area contributed by atoms with E-state index in [1.807, 2.05) is 13.8 Å². The predicted octanol–water partition coefficient (Wildman–Crippen LogP) is 4.84. The molecule has 0 radical (unpaired) electrons. The van der Waals surface area contributed by atoms with Crippen molar-refractivity contribution < 1.29 is 18.8 Å². The van der Waals surface area contributed by atoms with Crippen molar-refractivity contribution in [2.45, 2.75) is 34.2 Å². The van der Waals surface area contributed by atoms with Crippen LogP contribution in [0, 0.1) is 12.8 Å². The van der Waals surface area contributed by atoms with Gasteiger partial charge in [-0.2, -0.15) is 4.99 Å². The summed E-state index contributed by atoms with van der Waals surface area (Å²) in [5, 5.41) is 4.64. The second-order valence-electron chi connectivity index (χ2n) is 9.55. The topological polar surface area (TPSA) is 121 Å². The van der Waals surface area contributed by atoms with Crippen LogP contribution in [0.2, 0.25) is 5.02 Å². The first-order valence-corrected chi connectivity index (χ1v) is 13.1. The van der Waals surface area contributed by atoms with Crippen LogP contribution >= 0.6 is 11.6 Å². The number of aryl methyl sites for hydroxylation is 1. The summed E-state index contributed by atoms with van der Waals surface area (Å²) in [7, 11) is 0. The maximum absolute atomic E-state index is 13.8. The average molecular weight is 560 g/mol. The fourth-order valence-electron chi connectivity index (χ4n) is 4.51. The Morgan fingerprint density at radius 1 is 1.15 bits per heavy atom. The second-order valence-corrected chi connectivity index (χ2v) is 9.96. The largest absolute Gasteiger partial charge is 0.462 e. The Kier molecular flexibility index (Phi) is 7.36. The van der Waals surface area contributed by atoms with E-state index in [4.69, 9.17) is 25.8 Å². The molecule has 0 aliphatic carbocycles. The number of rotatable bonds is 6. The summed E-state index contributed by atoms with van der Waals surface area (Å²) < 4.78 is 13.7. The van der Waals surface area contributed by atoms with E-state index in [1.54, 1.807) is 67.1 Å². The zero-order valence-corrected chi connectivity index (χ0v) is 23.1. The molecule has 10 nitrogen and oxygen atoms in total. The van der Waals surface area contributed by atoms with Crippen molar-refractivity contribution in [1.29, 1.82) is 0 Å². The number of esters is 1. The lowest BCUT2D eigenvalue weighted by atomic mass is 10.1. The molecule has 1 aromatic carbocycles. The molecule has 1 amide bonds. The molecule has 204 valence electrons. The summed E-state index contributed by atoms with van der Waals surface area (Å²) in [6.07, 6.45) is 1.60. The van der Waals surface area contributed by atoms with E-state index in [1.165, 1.54) is 10.5 Å². The molecule has 0 atom stereocenters. The van der Waals surface area contributed by atoms with Crippen molar-refractivity contribution >= 4 is 40.2 Å². The zero-order chi connectivity index (χ0) is 28.6. The van der Waals surface area contributed by atoms with E-state index in [9.17, 15) is 14.4 Å². The molecule has 5 rings (SSSR count). The van der Waals surface area contributed by atoms with Crippen LogP contribution in [0.4, 0.5) is 0 Å². The quantitative estimate of drug-likeness (QED) is 0.215. The summed E-state index contributed by atoms with van der Waals surface area (Å²) in [6.45, 7) is 7.60. The van der Waals surface area contributed by atoms with E-state index >= 15 is 0 Å². The average Bonchev–Trinajstić information content (AvgIpc) is 3.31. The molecular weight excluding hydrogens is 534 g/mol. The standard InChI is InChI=1S/C29H26ClN5O5/c1-5-39-29(38)20-14-19-25(31-22-12-8-9-13-34(22)28(19)37)35(15-16(2)3)26(20)32-27(36)23-17(4)40-33-24(23)18-10-6-7-11-21(18)30/h6-14,16H,5,15H2,1-4H3. The predicted molar refractivity (Wildman–Crippen MR) is 149 cm³/mol. The molecule has 5 aromatic rings. The van der Waals surface area contributed by atoms with Crippen LogP contribution in [0.3, 0.4) is 0 Å². The molecule has 0 N–H and O–H groups in total. The van der Waals surface area contributed by atoms with Gasteiger partial charge in [-0.05, 0) is 44.0 Å². The highest BCUT2D eigenvalue weighted by Crippen LogP contribution is 2.31. The lowest BCUT2D eigenvalue weighted by Crippen LogP contribution is -2.33. The van der Waals surface area contributed by atoms with E-state index in [0.717, 1.165) is 0 Å². The number of pyridine rings is 2. The fraction of sp³-hybridized carbons (Fsp3) is 0.241. The number of amides is 1. The molecule has 0 unspecified atom stereocenters. The monoisotopic (exact) mass is 559 g/mol. The Hall–Kier alpha value is -4.57.